The van der Waals surface area contributed by atoms with Crippen LogP contribution in [0.25, 0.3) is 0 Å². The van der Waals surface area contributed by atoms with Crippen molar-refractivity contribution in [2.45, 2.75) is 96.5 Å². The number of aliphatic hydroxyl groups is 1. The fraction of sp³-hybridized carbons (Fsp3) is 0.696. The maximum Gasteiger partial charge on any atom is 0.339 e. The SMILES string of the molecule is CCCCCCCCCCCCCC(O)CCOc1ccccc1C(=O)O. The maximum atomic E-state index is 11.1. The van der Waals surface area contributed by atoms with E-state index < -0.39 is 5.97 Å². The Morgan fingerprint density at radius 2 is 1.44 bits per heavy atom. The van der Waals surface area contributed by atoms with E-state index in [1.54, 1.807) is 18.2 Å². The van der Waals surface area contributed by atoms with Crippen molar-refractivity contribution in [1.29, 1.82) is 0 Å². The molecule has 0 spiro atoms. The summed E-state index contributed by atoms with van der Waals surface area (Å²) < 4.78 is 5.54. The van der Waals surface area contributed by atoms with Gasteiger partial charge < -0.3 is 14.9 Å². The van der Waals surface area contributed by atoms with Crippen LogP contribution < -0.4 is 4.74 Å². The number of para-hydroxylation sites is 1. The lowest BCUT2D eigenvalue weighted by molar-refractivity contribution is 0.0691. The zero-order valence-corrected chi connectivity index (χ0v) is 17.0. The van der Waals surface area contributed by atoms with Gasteiger partial charge in [0.05, 0.1) is 12.7 Å². The van der Waals surface area contributed by atoms with Crippen LogP contribution in [0.2, 0.25) is 0 Å². The number of hydrogen-bond acceptors (Lipinski definition) is 3. The fourth-order valence-corrected chi connectivity index (χ4v) is 3.26. The second kappa shape index (κ2) is 15.5. The van der Waals surface area contributed by atoms with Crippen LogP contribution in [0.5, 0.6) is 5.75 Å². The lowest BCUT2D eigenvalue weighted by atomic mass is 10.0. The van der Waals surface area contributed by atoms with Crippen molar-refractivity contribution in [3.63, 3.8) is 0 Å². The maximum absolute atomic E-state index is 11.1. The Morgan fingerprint density at radius 3 is 2.04 bits per heavy atom. The first-order valence-electron chi connectivity index (χ1n) is 10.8. The van der Waals surface area contributed by atoms with Gasteiger partial charge in [-0.25, -0.2) is 4.79 Å². The van der Waals surface area contributed by atoms with Crippen LogP contribution in [0, 0.1) is 0 Å². The molecule has 0 aliphatic carbocycles. The molecule has 2 N–H and O–H groups in total. The molecule has 27 heavy (non-hydrogen) atoms. The smallest absolute Gasteiger partial charge is 0.339 e. The highest BCUT2D eigenvalue weighted by Gasteiger charge is 2.11. The molecule has 1 unspecified atom stereocenters. The first-order chi connectivity index (χ1) is 13.1. The highest BCUT2D eigenvalue weighted by atomic mass is 16.5. The van der Waals surface area contributed by atoms with Crippen molar-refractivity contribution in [3.8, 4) is 5.75 Å². The van der Waals surface area contributed by atoms with Gasteiger partial charge in [-0.1, -0.05) is 89.7 Å². The Morgan fingerprint density at radius 1 is 0.889 bits per heavy atom. The van der Waals surface area contributed by atoms with E-state index in [1.165, 1.54) is 70.3 Å². The van der Waals surface area contributed by atoms with Crippen molar-refractivity contribution < 1.29 is 19.7 Å². The highest BCUT2D eigenvalue weighted by molar-refractivity contribution is 5.90. The number of carboxylic acids is 1. The normalized spacial score (nSPS) is 12.1. The standard InChI is InChI=1S/C23H38O4/c1-2-3-4-5-6-7-8-9-10-11-12-15-20(24)18-19-27-22-17-14-13-16-21(22)23(25)26/h13-14,16-17,20,24H,2-12,15,18-19H2,1H3,(H,25,26). The van der Waals surface area contributed by atoms with Crippen LogP contribution in [0.15, 0.2) is 24.3 Å². The van der Waals surface area contributed by atoms with Crippen LogP contribution in [0.3, 0.4) is 0 Å². The molecule has 0 aromatic heterocycles. The van der Waals surface area contributed by atoms with Gasteiger partial charge in [-0.3, -0.25) is 0 Å². The second-order valence-electron chi connectivity index (χ2n) is 7.42. The Kier molecular flexibility index (Phi) is 13.5. The number of benzene rings is 1. The summed E-state index contributed by atoms with van der Waals surface area (Å²) in [6, 6.07) is 6.61. The van der Waals surface area contributed by atoms with Gasteiger partial charge in [0.2, 0.25) is 0 Å². The Bertz CT molecular complexity index is 501. The molecule has 0 heterocycles. The third kappa shape index (κ3) is 11.7. The fourth-order valence-electron chi connectivity index (χ4n) is 3.26. The number of aliphatic hydroxyl groups excluding tert-OH is 1. The van der Waals surface area contributed by atoms with Crippen LogP contribution in [0.4, 0.5) is 0 Å². The van der Waals surface area contributed by atoms with Crippen LogP contribution in [0.1, 0.15) is 101 Å². The molecule has 154 valence electrons. The molecule has 1 aromatic carbocycles. The molecule has 0 saturated carbocycles. The monoisotopic (exact) mass is 378 g/mol. The molecule has 0 saturated heterocycles. The molecule has 0 fully saturated rings. The van der Waals surface area contributed by atoms with Gasteiger partial charge in [0.1, 0.15) is 11.3 Å². The number of carbonyl (C=O) groups is 1. The Hall–Kier alpha value is -1.55. The highest BCUT2D eigenvalue weighted by Crippen LogP contribution is 2.18. The Labute approximate surface area is 164 Å². The van der Waals surface area contributed by atoms with Crippen molar-refractivity contribution in [2.75, 3.05) is 6.61 Å². The molecule has 0 radical (unpaired) electrons. The molecule has 0 amide bonds. The molecule has 1 atom stereocenters. The van der Waals surface area contributed by atoms with Gasteiger partial charge in [0.25, 0.3) is 0 Å². The van der Waals surface area contributed by atoms with Crippen molar-refractivity contribution >= 4 is 5.97 Å². The average molecular weight is 379 g/mol. The van der Waals surface area contributed by atoms with E-state index in [0.717, 1.165) is 12.8 Å². The van der Waals surface area contributed by atoms with E-state index in [1.807, 2.05) is 0 Å². The van der Waals surface area contributed by atoms with Crippen molar-refractivity contribution in [2.24, 2.45) is 0 Å². The van der Waals surface area contributed by atoms with Gasteiger partial charge in [0, 0.05) is 6.42 Å². The van der Waals surface area contributed by atoms with E-state index >= 15 is 0 Å². The number of unbranched alkanes of at least 4 members (excludes halogenated alkanes) is 10. The first kappa shape index (κ1) is 23.5. The summed E-state index contributed by atoms with van der Waals surface area (Å²) in [6.07, 6.45) is 15.3. The minimum absolute atomic E-state index is 0.164. The molecular formula is C23H38O4. The summed E-state index contributed by atoms with van der Waals surface area (Å²) in [5.41, 5.74) is 0.164. The molecule has 4 nitrogen and oxygen atoms in total. The minimum Gasteiger partial charge on any atom is -0.493 e. The third-order valence-corrected chi connectivity index (χ3v) is 4.97. The van der Waals surface area contributed by atoms with E-state index in [2.05, 4.69) is 6.92 Å². The van der Waals surface area contributed by atoms with Crippen LogP contribution in [-0.4, -0.2) is 28.9 Å². The lowest BCUT2D eigenvalue weighted by Gasteiger charge is -2.12. The third-order valence-electron chi connectivity index (χ3n) is 4.97. The summed E-state index contributed by atoms with van der Waals surface area (Å²) >= 11 is 0. The van der Waals surface area contributed by atoms with E-state index in [9.17, 15) is 9.90 Å². The predicted octanol–water partition coefficient (Wildman–Crippen LogP) is 6.22. The zero-order chi connectivity index (χ0) is 19.7. The number of ether oxygens (including phenoxy) is 1. The zero-order valence-electron chi connectivity index (χ0n) is 17.0. The van der Waals surface area contributed by atoms with Crippen molar-refractivity contribution in [3.05, 3.63) is 29.8 Å². The van der Waals surface area contributed by atoms with Gasteiger partial charge in [-0.15, -0.1) is 0 Å². The summed E-state index contributed by atoms with van der Waals surface area (Å²) in [4.78, 5) is 11.1. The summed E-state index contributed by atoms with van der Waals surface area (Å²) in [7, 11) is 0. The average Bonchev–Trinajstić information content (AvgIpc) is 2.66. The quantitative estimate of drug-likeness (QED) is 0.316. The van der Waals surface area contributed by atoms with Gasteiger partial charge >= 0.3 is 5.97 Å². The van der Waals surface area contributed by atoms with Crippen LogP contribution in [-0.2, 0) is 0 Å². The molecule has 0 aliphatic rings. The van der Waals surface area contributed by atoms with E-state index in [-0.39, 0.29) is 11.7 Å². The molecule has 1 aromatic rings. The summed E-state index contributed by atoms with van der Waals surface area (Å²) in [5, 5.41) is 19.2. The van der Waals surface area contributed by atoms with Crippen LogP contribution >= 0.6 is 0 Å². The molecule has 0 bridgehead atoms. The lowest BCUT2D eigenvalue weighted by Crippen LogP contribution is -2.13. The number of rotatable bonds is 17. The number of hydrogen-bond donors (Lipinski definition) is 2. The summed E-state index contributed by atoms with van der Waals surface area (Å²) in [6.45, 7) is 2.59. The van der Waals surface area contributed by atoms with Gasteiger partial charge in [-0.2, -0.15) is 0 Å². The largest absolute Gasteiger partial charge is 0.493 e. The minimum atomic E-state index is -0.993. The Balaban J connectivity index is 1.98. The van der Waals surface area contributed by atoms with E-state index in [0.29, 0.717) is 18.8 Å². The topological polar surface area (TPSA) is 66.8 Å². The van der Waals surface area contributed by atoms with E-state index in [4.69, 9.17) is 9.84 Å². The molecule has 1 rings (SSSR count). The predicted molar refractivity (Wildman–Crippen MR) is 111 cm³/mol. The van der Waals surface area contributed by atoms with Gasteiger partial charge in [0.15, 0.2) is 0 Å². The number of aromatic carboxylic acids is 1. The molecule has 4 heteroatoms. The van der Waals surface area contributed by atoms with Gasteiger partial charge in [-0.05, 0) is 18.6 Å². The molecular weight excluding hydrogens is 340 g/mol. The summed E-state index contributed by atoms with van der Waals surface area (Å²) in [5.74, 6) is -0.626. The van der Waals surface area contributed by atoms with Crippen molar-refractivity contribution in [1.82, 2.24) is 0 Å². The molecule has 0 aliphatic heterocycles. The number of carboxylic acid groups (broad SMARTS) is 1. The first-order valence-corrected chi connectivity index (χ1v) is 10.8. The second-order valence-corrected chi connectivity index (χ2v) is 7.42.